The van der Waals surface area contributed by atoms with Crippen molar-refractivity contribution in [1.29, 1.82) is 0 Å². The van der Waals surface area contributed by atoms with Gasteiger partial charge in [-0.25, -0.2) is 0 Å². The largest absolute Gasteiger partial charge is 0.480 e. The van der Waals surface area contributed by atoms with E-state index in [0.717, 1.165) is 71.8 Å². The average Bonchev–Trinajstić information content (AvgIpc) is 3.26. The summed E-state index contributed by atoms with van der Waals surface area (Å²) < 4.78 is 5.68. The number of nitrogens with one attached hydrogen (secondary N) is 2. The summed E-state index contributed by atoms with van der Waals surface area (Å²) in [4.78, 5) is 26.3. The van der Waals surface area contributed by atoms with Crippen LogP contribution in [0.25, 0.3) is 33.1 Å². The van der Waals surface area contributed by atoms with Crippen LogP contribution in [-0.4, -0.2) is 62.2 Å². The molecule has 1 aliphatic heterocycles. The fourth-order valence-electron chi connectivity index (χ4n) is 5.57. The Balaban J connectivity index is 1.22. The highest BCUT2D eigenvalue weighted by atomic mass is 16.5. The highest BCUT2D eigenvalue weighted by Crippen LogP contribution is 2.50. The number of aromatic nitrogens is 5. The number of hydrogen-bond acceptors (Lipinski definition) is 7. The Bertz CT molecular complexity index is 1380. The van der Waals surface area contributed by atoms with Crippen molar-refractivity contribution in [3.8, 4) is 17.0 Å². The molecule has 6 rings (SSSR count). The van der Waals surface area contributed by atoms with Gasteiger partial charge in [0.2, 0.25) is 17.7 Å². The molecule has 1 aromatic carbocycles. The molecule has 0 bridgehead atoms. The molecule has 4 heterocycles. The Kier molecular flexibility index (Phi) is 4.86. The second kappa shape index (κ2) is 7.93. The molecule has 0 unspecified atom stereocenters. The highest BCUT2D eigenvalue weighted by molar-refractivity contribution is 5.99. The summed E-state index contributed by atoms with van der Waals surface area (Å²) in [7, 11) is 1.64. The van der Waals surface area contributed by atoms with Crippen LogP contribution in [-0.2, 0) is 4.79 Å². The van der Waals surface area contributed by atoms with Gasteiger partial charge >= 0.3 is 0 Å². The first-order chi connectivity index (χ1) is 16.5. The number of likely N-dealkylation sites (tertiary alicyclic amines) is 1. The molecule has 1 saturated heterocycles. The van der Waals surface area contributed by atoms with Crippen molar-refractivity contribution >= 4 is 33.8 Å². The lowest BCUT2D eigenvalue weighted by Gasteiger charge is -2.52. The second-order valence-electron chi connectivity index (χ2n) is 9.54. The normalized spacial score (nSPS) is 17.8. The number of amides is 1. The first-order valence-corrected chi connectivity index (χ1v) is 11.7. The van der Waals surface area contributed by atoms with Crippen LogP contribution in [0.15, 0.2) is 36.7 Å². The van der Waals surface area contributed by atoms with Crippen molar-refractivity contribution < 1.29 is 9.53 Å². The molecule has 1 saturated carbocycles. The van der Waals surface area contributed by atoms with Crippen LogP contribution in [0.1, 0.15) is 32.6 Å². The van der Waals surface area contributed by atoms with Gasteiger partial charge in [-0.05, 0) is 54.9 Å². The molecule has 0 atom stereocenters. The van der Waals surface area contributed by atoms with E-state index in [1.54, 1.807) is 20.2 Å². The zero-order valence-electron chi connectivity index (χ0n) is 19.3. The van der Waals surface area contributed by atoms with Crippen LogP contribution in [0.5, 0.6) is 5.88 Å². The van der Waals surface area contributed by atoms with Crippen LogP contribution in [0.3, 0.4) is 0 Å². The third kappa shape index (κ3) is 3.52. The van der Waals surface area contributed by atoms with E-state index in [4.69, 9.17) is 14.7 Å². The molecule has 9 heteroatoms. The Hall–Kier alpha value is -3.75. The van der Waals surface area contributed by atoms with Crippen LogP contribution >= 0.6 is 0 Å². The quantitative estimate of drug-likeness (QED) is 0.480. The summed E-state index contributed by atoms with van der Waals surface area (Å²) in [5.41, 5.74) is 3.95. The van der Waals surface area contributed by atoms with Crippen molar-refractivity contribution in [3.05, 3.63) is 36.7 Å². The number of carbonyl (C=O) groups is 1. The molecule has 2 aliphatic rings. The average molecular weight is 458 g/mol. The molecule has 1 aliphatic carbocycles. The van der Waals surface area contributed by atoms with E-state index in [1.165, 1.54) is 0 Å². The number of piperidine rings is 1. The molecule has 4 aromatic rings. The van der Waals surface area contributed by atoms with Gasteiger partial charge in [-0.1, -0.05) is 6.07 Å². The summed E-state index contributed by atoms with van der Waals surface area (Å²) in [5.74, 6) is 1.30. The van der Waals surface area contributed by atoms with E-state index in [2.05, 4.69) is 26.6 Å². The van der Waals surface area contributed by atoms with Gasteiger partial charge in [-0.2, -0.15) is 20.2 Å². The molecule has 0 radical (unpaired) electrons. The van der Waals surface area contributed by atoms with Crippen LogP contribution in [0, 0.1) is 5.41 Å². The highest BCUT2D eigenvalue weighted by Gasteiger charge is 2.46. The van der Waals surface area contributed by atoms with Crippen LogP contribution < -0.4 is 10.1 Å². The number of ether oxygens (including phenoxy) is 1. The summed E-state index contributed by atoms with van der Waals surface area (Å²) in [6.07, 6.45) is 7.95. The van der Waals surface area contributed by atoms with E-state index >= 15 is 0 Å². The number of rotatable bonds is 4. The van der Waals surface area contributed by atoms with Gasteiger partial charge in [0.05, 0.1) is 24.2 Å². The summed E-state index contributed by atoms with van der Waals surface area (Å²) in [5, 5.41) is 13.5. The number of benzene rings is 1. The zero-order valence-corrected chi connectivity index (χ0v) is 19.3. The number of methoxy groups -OCH3 is 1. The lowest BCUT2D eigenvalue weighted by atomic mass is 9.60. The zero-order chi connectivity index (χ0) is 23.3. The maximum Gasteiger partial charge on any atom is 0.228 e. The number of fused-ring (bicyclic) bond motifs is 2. The number of anilines is 1. The predicted molar refractivity (Wildman–Crippen MR) is 130 cm³/mol. The number of hydrogen-bond donors (Lipinski definition) is 2. The fraction of sp³-hybridized carbons (Fsp3) is 0.400. The number of nitrogens with zero attached hydrogens (tertiary/aromatic N) is 5. The Morgan fingerprint density at radius 2 is 2.03 bits per heavy atom. The maximum atomic E-state index is 11.6. The minimum absolute atomic E-state index is 0.181. The van der Waals surface area contributed by atoms with Gasteiger partial charge in [0.25, 0.3) is 0 Å². The van der Waals surface area contributed by atoms with Gasteiger partial charge in [-0.3, -0.25) is 4.79 Å². The van der Waals surface area contributed by atoms with E-state index in [0.29, 0.717) is 23.3 Å². The first kappa shape index (κ1) is 20.8. The summed E-state index contributed by atoms with van der Waals surface area (Å²) >= 11 is 0. The second-order valence-corrected chi connectivity index (χ2v) is 9.54. The lowest BCUT2D eigenvalue weighted by molar-refractivity contribution is -0.132. The molecule has 34 heavy (non-hydrogen) atoms. The molecule has 2 fully saturated rings. The fourth-order valence-corrected chi connectivity index (χ4v) is 5.57. The number of H-pyrrole nitrogens is 1. The predicted octanol–water partition coefficient (Wildman–Crippen LogP) is 3.78. The van der Waals surface area contributed by atoms with Crippen molar-refractivity contribution in [3.63, 3.8) is 0 Å². The topological polar surface area (TPSA) is 109 Å². The van der Waals surface area contributed by atoms with Crippen LogP contribution in [0.4, 0.5) is 5.95 Å². The molecule has 9 nitrogen and oxygen atoms in total. The summed E-state index contributed by atoms with van der Waals surface area (Å²) in [6, 6.07) is 8.36. The smallest absolute Gasteiger partial charge is 0.228 e. The van der Waals surface area contributed by atoms with Crippen molar-refractivity contribution in [2.45, 2.75) is 38.6 Å². The van der Waals surface area contributed by atoms with E-state index < -0.39 is 0 Å². The van der Waals surface area contributed by atoms with E-state index in [1.807, 2.05) is 29.3 Å². The van der Waals surface area contributed by atoms with E-state index in [9.17, 15) is 4.79 Å². The van der Waals surface area contributed by atoms with Gasteiger partial charge in [0, 0.05) is 43.2 Å². The molecule has 2 N–H and O–H groups in total. The SMILES string of the molecule is COc1nc(NC2CC3(CCN(C(C)=O)CC3)C2)nc2[nH]cc(-c3ccc4nnccc4c3)c12. The summed E-state index contributed by atoms with van der Waals surface area (Å²) in [6.45, 7) is 3.39. The molecular formula is C25H27N7O2. The van der Waals surface area contributed by atoms with Crippen molar-refractivity contribution in [2.75, 3.05) is 25.5 Å². The Morgan fingerprint density at radius 1 is 1.21 bits per heavy atom. The maximum absolute atomic E-state index is 11.6. The third-order valence-corrected chi connectivity index (χ3v) is 7.48. The lowest BCUT2D eigenvalue weighted by Crippen LogP contribution is -2.52. The minimum Gasteiger partial charge on any atom is -0.480 e. The standard InChI is InChI=1S/C25H27N7O2/c1-15(33)32-9-6-25(7-10-32)12-18(13-25)28-24-29-22-21(23(30-24)34-2)19(14-26-22)16-3-4-20-17(11-16)5-8-27-31-20/h3-5,8,11,14,18H,6-7,9-10,12-13H2,1-2H3,(H2,26,28,29,30). The Morgan fingerprint density at radius 3 is 2.79 bits per heavy atom. The molecule has 1 spiro atoms. The first-order valence-electron chi connectivity index (χ1n) is 11.7. The molecular weight excluding hydrogens is 430 g/mol. The van der Waals surface area contributed by atoms with Gasteiger partial charge < -0.3 is 19.9 Å². The Labute approximate surface area is 196 Å². The van der Waals surface area contributed by atoms with E-state index in [-0.39, 0.29) is 5.91 Å². The molecule has 174 valence electrons. The van der Waals surface area contributed by atoms with Crippen molar-refractivity contribution in [2.24, 2.45) is 5.41 Å². The molecule has 1 amide bonds. The van der Waals surface area contributed by atoms with Crippen LogP contribution in [0.2, 0.25) is 0 Å². The minimum atomic E-state index is 0.181. The van der Waals surface area contributed by atoms with Gasteiger partial charge in [0.15, 0.2) is 0 Å². The monoisotopic (exact) mass is 457 g/mol. The number of aromatic amines is 1. The molecule has 3 aromatic heterocycles. The third-order valence-electron chi connectivity index (χ3n) is 7.48. The van der Waals surface area contributed by atoms with Gasteiger partial charge in [0.1, 0.15) is 5.65 Å². The van der Waals surface area contributed by atoms with Gasteiger partial charge in [-0.15, -0.1) is 0 Å². The number of carbonyl (C=O) groups excluding carboxylic acids is 1. The van der Waals surface area contributed by atoms with Crippen molar-refractivity contribution in [1.82, 2.24) is 30.0 Å².